The zero-order chi connectivity index (χ0) is 18.1. The summed E-state index contributed by atoms with van der Waals surface area (Å²) in [5.41, 5.74) is -0.613. The lowest BCUT2D eigenvalue weighted by Crippen LogP contribution is -2.41. The molecule has 9 nitrogen and oxygen atoms in total. The second-order valence-corrected chi connectivity index (χ2v) is 6.33. The number of anilines is 1. The molecule has 0 saturated carbocycles. The van der Waals surface area contributed by atoms with Gasteiger partial charge in [-0.1, -0.05) is 0 Å². The first kappa shape index (κ1) is 17.3. The monoisotopic (exact) mass is 349 g/mol. The molecule has 0 aromatic carbocycles. The SMILES string of the molecule is COc1cc(C(C)N[C@@H]2CCN(c3cc(=O)n(C)c(=O)n3C)C2)on1. The third-order valence-corrected chi connectivity index (χ3v) is 4.64. The minimum Gasteiger partial charge on any atom is -0.479 e. The predicted octanol–water partition coefficient (Wildman–Crippen LogP) is 0.0101. The van der Waals surface area contributed by atoms with E-state index in [1.54, 1.807) is 20.2 Å². The van der Waals surface area contributed by atoms with E-state index in [4.69, 9.17) is 9.26 Å². The van der Waals surface area contributed by atoms with Crippen LogP contribution in [-0.2, 0) is 14.1 Å². The second kappa shape index (κ2) is 6.75. The molecule has 0 bridgehead atoms. The van der Waals surface area contributed by atoms with Crippen LogP contribution in [0, 0.1) is 0 Å². The number of ether oxygens (including phenoxy) is 1. The number of hydrogen-bond donors (Lipinski definition) is 1. The first-order valence-corrected chi connectivity index (χ1v) is 8.19. The summed E-state index contributed by atoms with van der Waals surface area (Å²) in [6.07, 6.45) is 0.902. The van der Waals surface area contributed by atoms with E-state index in [1.807, 2.05) is 11.8 Å². The summed E-state index contributed by atoms with van der Waals surface area (Å²) >= 11 is 0. The Balaban J connectivity index is 1.70. The van der Waals surface area contributed by atoms with E-state index in [-0.39, 0.29) is 23.3 Å². The van der Waals surface area contributed by atoms with E-state index in [0.29, 0.717) is 24.0 Å². The van der Waals surface area contributed by atoms with E-state index < -0.39 is 0 Å². The van der Waals surface area contributed by atoms with Crippen molar-refractivity contribution in [2.75, 3.05) is 25.1 Å². The highest BCUT2D eigenvalue weighted by atomic mass is 16.5. The summed E-state index contributed by atoms with van der Waals surface area (Å²) in [6, 6.07) is 3.46. The Hall–Kier alpha value is -2.55. The Kier molecular flexibility index (Phi) is 4.67. The summed E-state index contributed by atoms with van der Waals surface area (Å²) < 4.78 is 12.9. The van der Waals surface area contributed by atoms with Crippen LogP contribution in [0.2, 0.25) is 0 Å². The molecule has 0 aliphatic carbocycles. The number of aromatic nitrogens is 3. The molecule has 0 radical (unpaired) electrons. The van der Waals surface area contributed by atoms with Gasteiger partial charge in [-0.05, 0) is 18.5 Å². The summed E-state index contributed by atoms with van der Waals surface area (Å²) in [7, 11) is 4.71. The molecule has 1 saturated heterocycles. The Morgan fingerprint density at radius 1 is 1.32 bits per heavy atom. The maximum Gasteiger partial charge on any atom is 0.332 e. The van der Waals surface area contributed by atoms with Crippen LogP contribution in [0.4, 0.5) is 5.82 Å². The lowest BCUT2D eigenvalue weighted by atomic mass is 10.2. The minimum atomic E-state index is -0.318. The van der Waals surface area contributed by atoms with Gasteiger partial charge in [-0.15, -0.1) is 0 Å². The largest absolute Gasteiger partial charge is 0.479 e. The van der Waals surface area contributed by atoms with E-state index in [9.17, 15) is 9.59 Å². The average Bonchev–Trinajstić information content (AvgIpc) is 3.25. The molecule has 1 aliphatic heterocycles. The number of methoxy groups -OCH3 is 1. The van der Waals surface area contributed by atoms with Gasteiger partial charge in [0.15, 0.2) is 5.76 Å². The maximum absolute atomic E-state index is 12.1. The van der Waals surface area contributed by atoms with Gasteiger partial charge in [0.2, 0.25) is 0 Å². The van der Waals surface area contributed by atoms with E-state index in [1.165, 1.54) is 17.7 Å². The number of rotatable bonds is 5. The third-order valence-electron chi connectivity index (χ3n) is 4.64. The van der Waals surface area contributed by atoms with Crippen LogP contribution in [0.5, 0.6) is 5.88 Å². The maximum atomic E-state index is 12.1. The van der Waals surface area contributed by atoms with Gasteiger partial charge < -0.3 is 19.5 Å². The van der Waals surface area contributed by atoms with Crippen LogP contribution in [-0.4, -0.2) is 40.5 Å². The molecule has 2 atom stereocenters. The molecule has 9 heteroatoms. The van der Waals surface area contributed by atoms with Crippen LogP contribution in [0.3, 0.4) is 0 Å². The quantitative estimate of drug-likeness (QED) is 0.812. The van der Waals surface area contributed by atoms with E-state index in [0.717, 1.165) is 17.5 Å². The molecule has 1 fully saturated rings. The molecule has 3 rings (SSSR count). The molecular weight excluding hydrogens is 326 g/mol. The average molecular weight is 349 g/mol. The van der Waals surface area contributed by atoms with E-state index in [2.05, 4.69) is 10.5 Å². The topological polar surface area (TPSA) is 94.5 Å². The zero-order valence-corrected chi connectivity index (χ0v) is 14.9. The van der Waals surface area contributed by atoms with Crippen LogP contribution >= 0.6 is 0 Å². The lowest BCUT2D eigenvalue weighted by Gasteiger charge is -2.22. The molecule has 1 unspecified atom stereocenters. The molecule has 0 spiro atoms. The van der Waals surface area contributed by atoms with Crippen molar-refractivity contribution in [2.45, 2.75) is 25.4 Å². The van der Waals surface area contributed by atoms with Gasteiger partial charge in [-0.25, -0.2) is 4.79 Å². The van der Waals surface area contributed by atoms with Gasteiger partial charge in [0.05, 0.1) is 13.2 Å². The van der Waals surface area contributed by atoms with Crippen molar-refractivity contribution in [2.24, 2.45) is 14.1 Å². The summed E-state index contributed by atoms with van der Waals surface area (Å²) in [4.78, 5) is 26.1. The molecular formula is C16H23N5O4. The highest BCUT2D eigenvalue weighted by Gasteiger charge is 2.27. The summed E-state index contributed by atoms with van der Waals surface area (Å²) in [5.74, 6) is 1.80. The smallest absolute Gasteiger partial charge is 0.332 e. The number of hydrogen-bond acceptors (Lipinski definition) is 7. The zero-order valence-electron chi connectivity index (χ0n) is 14.9. The van der Waals surface area contributed by atoms with Gasteiger partial charge in [0.1, 0.15) is 5.82 Å². The standard InChI is InChI=1S/C16H23N5O4/c1-10(12-7-13(24-4)18-25-12)17-11-5-6-21(9-11)14-8-15(22)20(3)16(23)19(14)2/h7-8,10-11,17H,5-6,9H2,1-4H3/t10?,11-/m1/s1. The summed E-state index contributed by atoms with van der Waals surface area (Å²) in [5, 5.41) is 7.30. The van der Waals surface area contributed by atoms with Crippen molar-refractivity contribution < 1.29 is 9.26 Å². The summed E-state index contributed by atoms with van der Waals surface area (Å²) in [6.45, 7) is 3.47. The predicted molar refractivity (Wildman–Crippen MR) is 92.1 cm³/mol. The van der Waals surface area contributed by atoms with Crippen molar-refractivity contribution in [3.05, 3.63) is 38.7 Å². The van der Waals surface area contributed by atoms with Crippen molar-refractivity contribution in [3.63, 3.8) is 0 Å². The number of nitrogens with one attached hydrogen (secondary N) is 1. The van der Waals surface area contributed by atoms with Crippen molar-refractivity contribution in [1.29, 1.82) is 0 Å². The normalized spacial score (nSPS) is 18.6. The fraction of sp³-hybridized carbons (Fsp3) is 0.562. The fourth-order valence-corrected chi connectivity index (χ4v) is 3.14. The van der Waals surface area contributed by atoms with Gasteiger partial charge >= 0.3 is 5.69 Å². The Morgan fingerprint density at radius 2 is 2.08 bits per heavy atom. The van der Waals surface area contributed by atoms with Crippen LogP contribution < -0.4 is 26.2 Å². The first-order valence-electron chi connectivity index (χ1n) is 8.19. The highest BCUT2D eigenvalue weighted by Crippen LogP contribution is 2.22. The van der Waals surface area contributed by atoms with Gasteiger partial charge in [-0.2, -0.15) is 0 Å². The van der Waals surface area contributed by atoms with Gasteiger partial charge in [0, 0.05) is 45.4 Å². The van der Waals surface area contributed by atoms with Crippen molar-refractivity contribution >= 4 is 5.82 Å². The fourth-order valence-electron chi connectivity index (χ4n) is 3.14. The molecule has 136 valence electrons. The van der Waals surface area contributed by atoms with Gasteiger partial charge in [-0.3, -0.25) is 13.9 Å². The number of nitrogens with zero attached hydrogens (tertiary/aromatic N) is 4. The van der Waals surface area contributed by atoms with Crippen LogP contribution in [0.15, 0.2) is 26.2 Å². The molecule has 0 amide bonds. The lowest BCUT2D eigenvalue weighted by molar-refractivity contribution is 0.305. The molecule has 3 heterocycles. The molecule has 2 aromatic heterocycles. The van der Waals surface area contributed by atoms with E-state index >= 15 is 0 Å². The third kappa shape index (κ3) is 3.32. The first-order chi connectivity index (χ1) is 11.9. The molecule has 1 aliphatic rings. The Bertz CT molecular complexity index is 868. The Labute approximate surface area is 144 Å². The Morgan fingerprint density at radius 3 is 2.76 bits per heavy atom. The van der Waals surface area contributed by atoms with Gasteiger partial charge in [0.25, 0.3) is 11.4 Å². The van der Waals surface area contributed by atoms with Crippen LogP contribution in [0.1, 0.15) is 25.1 Å². The van der Waals surface area contributed by atoms with Crippen molar-refractivity contribution in [1.82, 2.24) is 19.6 Å². The molecule has 25 heavy (non-hydrogen) atoms. The minimum absolute atomic E-state index is 0.0196. The highest BCUT2D eigenvalue weighted by molar-refractivity contribution is 5.40. The van der Waals surface area contributed by atoms with Crippen LogP contribution in [0.25, 0.3) is 0 Å². The van der Waals surface area contributed by atoms with Crippen molar-refractivity contribution in [3.8, 4) is 5.88 Å². The molecule has 2 aromatic rings. The molecule has 1 N–H and O–H groups in total. The second-order valence-electron chi connectivity index (χ2n) is 6.33.